The van der Waals surface area contributed by atoms with Gasteiger partial charge in [0.15, 0.2) is 5.43 Å². The van der Waals surface area contributed by atoms with Crippen LogP contribution in [0.2, 0.25) is 5.02 Å². The number of hydrogen-bond donors (Lipinski definition) is 1. The average Bonchev–Trinajstić information content (AvgIpc) is 2.96. The summed E-state index contributed by atoms with van der Waals surface area (Å²) in [5, 5.41) is 11.4. The van der Waals surface area contributed by atoms with Crippen molar-refractivity contribution in [3.8, 4) is 6.07 Å². The van der Waals surface area contributed by atoms with Crippen molar-refractivity contribution in [3.63, 3.8) is 0 Å². The fourth-order valence-corrected chi connectivity index (χ4v) is 5.94. The number of rotatable bonds is 4. The first kappa shape index (κ1) is 26.0. The molecule has 5 rings (SSSR count). The van der Waals surface area contributed by atoms with Crippen LogP contribution in [0.1, 0.15) is 11.5 Å². The van der Waals surface area contributed by atoms with Gasteiger partial charge in [-0.15, -0.1) is 11.3 Å². The lowest BCUT2D eigenvalue weighted by Gasteiger charge is -2.36. The first-order valence-corrected chi connectivity index (χ1v) is 12.8. The molecule has 194 valence electrons. The van der Waals surface area contributed by atoms with E-state index in [4.69, 9.17) is 26.8 Å². The Hall–Kier alpha value is -4.65. The van der Waals surface area contributed by atoms with Crippen LogP contribution in [0.4, 0.5) is 5.69 Å². The smallest absolute Gasteiger partial charge is 0.355 e. The number of carbonyl (C=O) groups excluding carboxylic acids is 2. The van der Waals surface area contributed by atoms with Gasteiger partial charge in [0.1, 0.15) is 11.5 Å². The maximum Gasteiger partial charge on any atom is 0.355 e. The van der Waals surface area contributed by atoms with Gasteiger partial charge >= 0.3 is 11.9 Å². The molecule has 0 saturated heterocycles. The van der Waals surface area contributed by atoms with Crippen LogP contribution in [0.25, 0.3) is 20.2 Å². The molecule has 3 aromatic carbocycles. The molecule has 1 unspecified atom stereocenters. The third-order valence-electron chi connectivity index (χ3n) is 6.48. The number of methoxy groups -OCH3 is 2. The number of ether oxygens (including phenoxy) is 2. The highest BCUT2D eigenvalue weighted by molar-refractivity contribution is 7.24. The number of esters is 2. The zero-order chi connectivity index (χ0) is 27.8. The number of halogens is 1. The number of hydrogen-bond acceptors (Lipinski definition) is 9. The van der Waals surface area contributed by atoms with Gasteiger partial charge < -0.3 is 15.2 Å². The molecule has 8 nitrogen and oxygen atoms in total. The van der Waals surface area contributed by atoms with Crippen molar-refractivity contribution in [3.05, 3.63) is 110 Å². The highest BCUT2D eigenvalue weighted by Crippen LogP contribution is 2.43. The van der Waals surface area contributed by atoms with Crippen molar-refractivity contribution in [1.29, 1.82) is 5.26 Å². The summed E-state index contributed by atoms with van der Waals surface area (Å²) < 4.78 is 11.6. The van der Waals surface area contributed by atoms with Crippen molar-refractivity contribution in [2.45, 2.75) is 5.92 Å². The van der Waals surface area contributed by atoms with Crippen LogP contribution in [0.3, 0.4) is 0 Å². The maximum atomic E-state index is 13.5. The second-order valence-corrected chi connectivity index (χ2v) is 10.1. The highest BCUT2D eigenvalue weighted by atomic mass is 35.5. The van der Waals surface area contributed by atoms with Gasteiger partial charge in [0.2, 0.25) is 0 Å². The van der Waals surface area contributed by atoms with Crippen molar-refractivity contribution in [2.75, 3.05) is 19.1 Å². The van der Waals surface area contributed by atoms with E-state index in [-0.39, 0.29) is 33.8 Å². The van der Waals surface area contributed by atoms with Crippen LogP contribution in [0.15, 0.2) is 94.2 Å². The van der Waals surface area contributed by atoms with E-state index in [1.54, 1.807) is 66.7 Å². The largest absolute Gasteiger partial charge is 0.466 e. The van der Waals surface area contributed by atoms with Crippen molar-refractivity contribution in [2.24, 2.45) is 5.73 Å². The third-order valence-corrected chi connectivity index (χ3v) is 7.87. The summed E-state index contributed by atoms with van der Waals surface area (Å²) in [7, 11) is 2.36. The minimum Gasteiger partial charge on any atom is -0.466 e. The monoisotopic (exact) mass is 557 g/mol. The summed E-state index contributed by atoms with van der Waals surface area (Å²) in [6, 6.07) is 20.9. The van der Waals surface area contributed by atoms with E-state index in [1.165, 1.54) is 30.5 Å². The number of nitrogens with two attached hydrogens (primary N) is 1. The Morgan fingerprint density at radius 1 is 0.974 bits per heavy atom. The second-order valence-electron chi connectivity index (χ2n) is 8.59. The quantitative estimate of drug-likeness (QED) is 0.276. The predicted molar refractivity (Wildman–Crippen MR) is 150 cm³/mol. The Balaban J connectivity index is 1.84. The van der Waals surface area contributed by atoms with E-state index in [0.29, 0.717) is 26.1 Å². The number of fused-ring (bicyclic) bond motifs is 2. The Labute approximate surface area is 231 Å². The highest BCUT2D eigenvalue weighted by Gasteiger charge is 2.43. The fraction of sp³-hybridized carbons (Fsp3) is 0.103. The number of benzene rings is 3. The molecule has 10 heteroatoms. The molecule has 1 aromatic heterocycles. The normalized spacial score (nSPS) is 15.4. The molecule has 0 radical (unpaired) electrons. The Bertz CT molecular complexity index is 1840. The van der Waals surface area contributed by atoms with Gasteiger partial charge in [-0.1, -0.05) is 41.9 Å². The first-order chi connectivity index (χ1) is 18.8. The Morgan fingerprint density at radius 2 is 1.62 bits per heavy atom. The minimum absolute atomic E-state index is 0.0322. The zero-order valence-electron chi connectivity index (χ0n) is 20.7. The molecule has 0 spiro atoms. The predicted octanol–water partition coefficient (Wildman–Crippen LogP) is 4.97. The van der Waals surface area contributed by atoms with Crippen LogP contribution in [-0.4, -0.2) is 26.2 Å². The van der Waals surface area contributed by atoms with Crippen LogP contribution < -0.4 is 16.1 Å². The van der Waals surface area contributed by atoms with Crippen molar-refractivity contribution >= 4 is 60.7 Å². The van der Waals surface area contributed by atoms with Crippen molar-refractivity contribution in [1.82, 2.24) is 0 Å². The molecule has 0 amide bonds. The van der Waals surface area contributed by atoms with Crippen molar-refractivity contribution < 1.29 is 19.1 Å². The lowest BCUT2D eigenvalue weighted by Crippen LogP contribution is -2.40. The first-order valence-electron chi connectivity index (χ1n) is 11.6. The molecular weight excluding hydrogens is 538 g/mol. The summed E-state index contributed by atoms with van der Waals surface area (Å²) in [5.41, 5.74) is 6.85. The summed E-state index contributed by atoms with van der Waals surface area (Å²) in [4.78, 5) is 41.2. The fourth-order valence-electron chi connectivity index (χ4n) is 4.74. The van der Waals surface area contributed by atoms with Gasteiger partial charge in [-0.25, -0.2) is 9.59 Å². The second kappa shape index (κ2) is 10.3. The van der Waals surface area contributed by atoms with Gasteiger partial charge in [-0.2, -0.15) is 5.26 Å². The molecule has 1 atom stereocenters. The molecule has 2 N–H and O–H groups in total. The number of carbonyl (C=O) groups is 2. The van der Waals surface area contributed by atoms with Gasteiger partial charge in [0.25, 0.3) is 0 Å². The number of nitrogens with zero attached hydrogens (tertiary/aromatic N) is 2. The molecule has 2 heterocycles. The summed E-state index contributed by atoms with van der Waals surface area (Å²) >= 11 is 7.55. The molecule has 4 aromatic rings. The maximum absolute atomic E-state index is 13.5. The molecule has 0 saturated carbocycles. The van der Waals surface area contributed by atoms with Gasteiger partial charge in [0.05, 0.1) is 37.4 Å². The van der Waals surface area contributed by atoms with Gasteiger partial charge in [0, 0.05) is 30.9 Å². The van der Waals surface area contributed by atoms with Gasteiger partial charge in [-0.05, 0) is 42.0 Å². The standard InChI is InChI=1S/C29H20ClN3O5S/c1-37-28(35)24-23(15-6-4-3-5-7-15)20(14-31)27(32)33(25(24)29(36)38-2)17-9-11-22-19(13-17)26(34)18-12-16(30)8-10-21(18)39-22/h3-13,23H,32H2,1-2H3. The molecule has 1 aliphatic rings. The average molecular weight is 558 g/mol. The minimum atomic E-state index is -0.988. The molecule has 0 bridgehead atoms. The van der Waals surface area contributed by atoms with Gasteiger partial charge in [-0.3, -0.25) is 9.69 Å². The van der Waals surface area contributed by atoms with E-state index in [0.717, 1.165) is 4.70 Å². The van der Waals surface area contributed by atoms with E-state index in [9.17, 15) is 19.6 Å². The van der Waals surface area contributed by atoms with Crippen LogP contribution in [0, 0.1) is 11.3 Å². The van der Waals surface area contributed by atoms with E-state index in [2.05, 4.69) is 6.07 Å². The van der Waals surface area contributed by atoms with Crippen LogP contribution in [0.5, 0.6) is 0 Å². The number of anilines is 1. The van der Waals surface area contributed by atoms with E-state index in [1.807, 2.05) is 0 Å². The number of allylic oxidation sites excluding steroid dienone is 1. The third kappa shape index (κ3) is 4.30. The lowest BCUT2D eigenvalue weighted by molar-refractivity contribution is -0.139. The summed E-state index contributed by atoms with van der Waals surface area (Å²) in [5.74, 6) is -2.77. The van der Waals surface area contributed by atoms with Crippen LogP contribution >= 0.6 is 22.9 Å². The van der Waals surface area contributed by atoms with E-state index < -0.39 is 17.9 Å². The molecule has 39 heavy (non-hydrogen) atoms. The molecule has 0 fully saturated rings. The van der Waals surface area contributed by atoms with E-state index >= 15 is 0 Å². The zero-order valence-corrected chi connectivity index (χ0v) is 22.3. The molecular formula is C29H20ClN3O5S. The number of nitriles is 1. The molecule has 0 aliphatic carbocycles. The Kier molecular flexibility index (Phi) is 6.83. The Morgan fingerprint density at radius 3 is 2.26 bits per heavy atom. The van der Waals surface area contributed by atoms with Crippen LogP contribution in [-0.2, 0) is 19.1 Å². The lowest BCUT2D eigenvalue weighted by atomic mass is 9.81. The molecule has 1 aliphatic heterocycles. The SMILES string of the molecule is COC(=O)C1=C(C(=O)OC)N(c2ccc3sc4ccc(Cl)cc4c(=O)c3c2)C(N)=C(C#N)C1c1ccccc1. The topological polar surface area (TPSA) is 123 Å². The summed E-state index contributed by atoms with van der Waals surface area (Å²) in [6.45, 7) is 0. The summed E-state index contributed by atoms with van der Waals surface area (Å²) in [6.07, 6.45) is 0.